The second-order valence-electron chi connectivity index (χ2n) is 4.07. The molecule has 0 aliphatic carbocycles. The zero-order valence-corrected chi connectivity index (χ0v) is 9.86. The summed E-state index contributed by atoms with van der Waals surface area (Å²) in [6.45, 7) is 4.95. The molecule has 1 atom stereocenters. The highest BCUT2D eigenvalue weighted by atomic mass is 16.5. The first-order valence-corrected chi connectivity index (χ1v) is 5.59. The molecule has 0 aliphatic heterocycles. The lowest BCUT2D eigenvalue weighted by Gasteiger charge is -2.13. The Hall–Kier alpha value is -1.69. The summed E-state index contributed by atoms with van der Waals surface area (Å²) < 4.78 is 5.62. The van der Waals surface area contributed by atoms with Gasteiger partial charge in [0.1, 0.15) is 5.75 Å². The van der Waals surface area contributed by atoms with Crippen LogP contribution in [0.25, 0.3) is 0 Å². The van der Waals surface area contributed by atoms with Gasteiger partial charge in [0.15, 0.2) is 0 Å². The van der Waals surface area contributed by atoms with Crippen LogP contribution in [-0.2, 0) is 0 Å². The van der Waals surface area contributed by atoms with Gasteiger partial charge in [-0.3, -0.25) is 0 Å². The van der Waals surface area contributed by atoms with Crippen LogP contribution < -0.4 is 10.5 Å². The molecule has 3 heteroatoms. The Morgan fingerprint density at radius 2 is 2.25 bits per heavy atom. The predicted octanol–water partition coefficient (Wildman–Crippen LogP) is 2.96. The molecule has 0 fully saturated rings. The van der Waals surface area contributed by atoms with E-state index in [0.717, 1.165) is 12.8 Å². The molecule has 1 rings (SSSR count). The Balaban J connectivity index is 2.63. The van der Waals surface area contributed by atoms with E-state index in [9.17, 15) is 0 Å². The summed E-state index contributed by atoms with van der Waals surface area (Å²) >= 11 is 0. The van der Waals surface area contributed by atoms with Crippen molar-refractivity contribution in [1.29, 1.82) is 5.26 Å². The van der Waals surface area contributed by atoms with E-state index in [0.29, 0.717) is 29.5 Å². The number of nitrogens with two attached hydrogens (primary N) is 1. The lowest BCUT2D eigenvalue weighted by molar-refractivity contribution is 0.252. The van der Waals surface area contributed by atoms with Gasteiger partial charge in [-0.1, -0.05) is 20.3 Å². The molecular formula is C13H18N2O. The first-order valence-electron chi connectivity index (χ1n) is 5.59. The topological polar surface area (TPSA) is 59.0 Å². The lowest BCUT2D eigenvalue weighted by atomic mass is 10.1. The predicted molar refractivity (Wildman–Crippen MR) is 65.1 cm³/mol. The van der Waals surface area contributed by atoms with Crippen molar-refractivity contribution in [3.8, 4) is 11.8 Å². The normalized spacial score (nSPS) is 11.8. The number of rotatable bonds is 5. The van der Waals surface area contributed by atoms with Crippen molar-refractivity contribution < 1.29 is 4.74 Å². The van der Waals surface area contributed by atoms with Gasteiger partial charge in [0, 0.05) is 6.07 Å². The number of hydrogen-bond acceptors (Lipinski definition) is 3. The number of nitriles is 1. The second-order valence-corrected chi connectivity index (χ2v) is 4.07. The molecule has 3 nitrogen and oxygen atoms in total. The maximum absolute atomic E-state index is 8.77. The Morgan fingerprint density at radius 3 is 2.88 bits per heavy atom. The van der Waals surface area contributed by atoms with Crippen molar-refractivity contribution in [2.24, 2.45) is 5.92 Å². The number of anilines is 1. The Bertz CT molecular complexity index is 382. The third-order valence-corrected chi connectivity index (χ3v) is 2.45. The lowest BCUT2D eigenvalue weighted by Crippen LogP contribution is -2.09. The number of benzene rings is 1. The first kappa shape index (κ1) is 12.4. The molecule has 16 heavy (non-hydrogen) atoms. The van der Waals surface area contributed by atoms with E-state index in [2.05, 4.69) is 19.9 Å². The highest BCUT2D eigenvalue weighted by Crippen LogP contribution is 2.23. The zero-order chi connectivity index (χ0) is 12.0. The van der Waals surface area contributed by atoms with Gasteiger partial charge in [-0.2, -0.15) is 5.26 Å². The third kappa shape index (κ3) is 3.47. The van der Waals surface area contributed by atoms with Gasteiger partial charge in [-0.25, -0.2) is 0 Å². The van der Waals surface area contributed by atoms with Crippen molar-refractivity contribution >= 4 is 5.69 Å². The molecule has 0 bridgehead atoms. The Labute approximate surface area is 96.8 Å². The smallest absolute Gasteiger partial charge is 0.143 e. The SMILES string of the molecule is CCCC(C)COc1cc(C#N)ccc1N. The molecule has 0 saturated carbocycles. The highest BCUT2D eigenvalue weighted by Gasteiger charge is 2.05. The Morgan fingerprint density at radius 1 is 1.50 bits per heavy atom. The van der Waals surface area contributed by atoms with Crippen LogP contribution in [0.1, 0.15) is 32.3 Å². The molecule has 1 unspecified atom stereocenters. The van der Waals surface area contributed by atoms with Gasteiger partial charge in [-0.05, 0) is 24.5 Å². The monoisotopic (exact) mass is 218 g/mol. The fraction of sp³-hybridized carbons (Fsp3) is 0.462. The van der Waals surface area contributed by atoms with Crippen LogP contribution in [0.3, 0.4) is 0 Å². The van der Waals surface area contributed by atoms with Crippen molar-refractivity contribution in [3.05, 3.63) is 23.8 Å². The van der Waals surface area contributed by atoms with Gasteiger partial charge in [0.05, 0.1) is 23.9 Å². The van der Waals surface area contributed by atoms with E-state index in [1.807, 2.05) is 0 Å². The number of nitrogens with zero attached hydrogens (tertiary/aromatic N) is 1. The van der Waals surface area contributed by atoms with Gasteiger partial charge >= 0.3 is 0 Å². The van der Waals surface area contributed by atoms with Crippen molar-refractivity contribution in [1.82, 2.24) is 0 Å². The van der Waals surface area contributed by atoms with Gasteiger partial charge in [0.25, 0.3) is 0 Å². The quantitative estimate of drug-likeness (QED) is 0.773. The van der Waals surface area contributed by atoms with E-state index < -0.39 is 0 Å². The number of nitrogen functional groups attached to an aromatic ring is 1. The largest absolute Gasteiger partial charge is 0.491 e. The molecule has 0 aliphatic rings. The Kier molecular flexibility index (Phi) is 4.65. The van der Waals surface area contributed by atoms with Crippen LogP contribution in [0, 0.1) is 17.2 Å². The molecule has 0 saturated heterocycles. The molecule has 0 spiro atoms. The van der Waals surface area contributed by atoms with Crippen LogP contribution in [0.5, 0.6) is 5.75 Å². The van der Waals surface area contributed by atoms with Gasteiger partial charge in [0.2, 0.25) is 0 Å². The molecule has 86 valence electrons. The summed E-state index contributed by atoms with van der Waals surface area (Å²) in [6, 6.07) is 7.16. The third-order valence-electron chi connectivity index (χ3n) is 2.45. The van der Waals surface area contributed by atoms with Gasteiger partial charge < -0.3 is 10.5 Å². The minimum atomic E-state index is 0.509. The standard InChI is InChI=1S/C13H18N2O/c1-3-4-10(2)9-16-13-7-11(8-14)5-6-12(13)15/h5-7,10H,3-4,9,15H2,1-2H3. The highest BCUT2D eigenvalue weighted by molar-refractivity contribution is 5.55. The summed E-state index contributed by atoms with van der Waals surface area (Å²) in [5.41, 5.74) is 6.93. The second kappa shape index (κ2) is 6.02. The maximum Gasteiger partial charge on any atom is 0.143 e. The van der Waals surface area contributed by atoms with Crippen LogP contribution in [-0.4, -0.2) is 6.61 Å². The number of hydrogen-bond donors (Lipinski definition) is 1. The zero-order valence-electron chi connectivity index (χ0n) is 9.86. The van der Waals surface area contributed by atoms with Gasteiger partial charge in [-0.15, -0.1) is 0 Å². The van der Waals surface area contributed by atoms with Crippen LogP contribution in [0.4, 0.5) is 5.69 Å². The summed E-state index contributed by atoms with van der Waals surface area (Å²) in [5, 5.41) is 8.77. The van der Waals surface area contributed by atoms with E-state index in [1.54, 1.807) is 18.2 Å². The molecule has 2 N–H and O–H groups in total. The fourth-order valence-corrected chi connectivity index (χ4v) is 1.54. The van der Waals surface area contributed by atoms with Crippen molar-refractivity contribution in [2.45, 2.75) is 26.7 Å². The van der Waals surface area contributed by atoms with Crippen LogP contribution in [0.15, 0.2) is 18.2 Å². The molecule has 0 heterocycles. The van der Waals surface area contributed by atoms with Crippen molar-refractivity contribution in [2.75, 3.05) is 12.3 Å². The summed E-state index contributed by atoms with van der Waals surface area (Å²) in [6.07, 6.45) is 2.29. The molecule has 1 aromatic rings. The number of ether oxygens (including phenoxy) is 1. The van der Waals surface area contributed by atoms with Crippen LogP contribution >= 0.6 is 0 Å². The minimum absolute atomic E-state index is 0.509. The average Bonchev–Trinajstić information content (AvgIpc) is 2.28. The van der Waals surface area contributed by atoms with Crippen LogP contribution in [0.2, 0.25) is 0 Å². The van der Waals surface area contributed by atoms with E-state index in [-0.39, 0.29) is 0 Å². The van der Waals surface area contributed by atoms with E-state index >= 15 is 0 Å². The van der Waals surface area contributed by atoms with Crippen molar-refractivity contribution in [3.63, 3.8) is 0 Å². The molecule has 0 radical (unpaired) electrons. The summed E-state index contributed by atoms with van der Waals surface area (Å²) in [5.74, 6) is 1.12. The fourth-order valence-electron chi connectivity index (χ4n) is 1.54. The van der Waals surface area contributed by atoms with E-state index in [1.165, 1.54) is 0 Å². The molecule has 0 amide bonds. The molecule has 0 aromatic heterocycles. The minimum Gasteiger partial charge on any atom is -0.491 e. The molecule has 1 aromatic carbocycles. The summed E-state index contributed by atoms with van der Waals surface area (Å²) in [4.78, 5) is 0. The van der Waals surface area contributed by atoms with E-state index in [4.69, 9.17) is 15.7 Å². The molecular weight excluding hydrogens is 200 g/mol. The first-order chi connectivity index (χ1) is 7.67. The summed E-state index contributed by atoms with van der Waals surface area (Å²) in [7, 11) is 0. The average molecular weight is 218 g/mol. The maximum atomic E-state index is 8.77.